The molecule has 2 rings (SSSR count). The van der Waals surface area contributed by atoms with Gasteiger partial charge in [-0.3, -0.25) is 0 Å². The van der Waals surface area contributed by atoms with Crippen LogP contribution in [-0.2, 0) is 16.4 Å². The summed E-state index contributed by atoms with van der Waals surface area (Å²) in [5, 5.41) is 9.76. The number of hydrogen-bond acceptors (Lipinski definition) is 3. The van der Waals surface area contributed by atoms with E-state index >= 15 is 0 Å². The van der Waals surface area contributed by atoms with Crippen molar-refractivity contribution in [2.24, 2.45) is 0 Å². The maximum Gasteiger partial charge on any atom is 0.336 e. The van der Waals surface area contributed by atoms with Gasteiger partial charge in [0.2, 0.25) is 0 Å². The molecule has 0 amide bonds. The lowest BCUT2D eigenvalue weighted by Crippen LogP contribution is -2.07. The molecule has 0 aliphatic rings. The molecular weight excluding hydrogens is 266 g/mol. The number of carboxylic acid groups (broad SMARTS) is 1. The third kappa shape index (κ3) is 3.14. The van der Waals surface area contributed by atoms with Crippen LogP contribution in [0.5, 0.6) is 0 Å². The van der Waals surface area contributed by atoms with E-state index in [4.69, 9.17) is 5.11 Å². The minimum Gasteiger partial charge on any atom is -0.478 e. The molecule has 0 fully saturated rings. The largest absolute Gasteiger partial charge is 0.478 e. The fraction of sp³-hybridized carbons (Fsp3) is 0.308. The van der Waals surface area contributed by atoms with E-state index in [0.717, 1.165) is 5.52 Å². The Hall–Kier alpha value is -1.82. The lowest BCUT2D eigenvalue weighted by atomic mass is 10.1. The van der Waals surface area contributed by atoms with E-state index in [9.17, 15) is 13.2 Å². The van der Waals surface area contributed by atoms with Gasteiger partial charge in [-0.25, -0.2) is 13.2 Å². The normalized spacial score (nSPS) is 11.8. The van der Waals surface area contributed by atoms with E-state index in [-0.39, 0.29) is 11.3 Å². The molecule has 102 valence electrons. The molecule has 1 heterocycles. The van der Waals surface area contributed by atoms with Gasteiger partial charge in [-0.05, 0) is 24.6 Å². The Morgan fingerprint density at radius 3 is 2.68 bits per heavy atom. The zero-order valence-electron chi connectivity index (χ0n) is 10.5. The summed E-state index contributed by atoms with van der Waals surface area (Å²) in [6.45, 7) is 0.555. The number of fused-ring (bicyclic) bond motifs is 1. The molecule has 5 nitrogen and oxygen atoms in total. The Kier molecular flexibility index (Phi) is 3.61. The number of aromatic carboxylic acids is 1. The van der Waals surface area contributed by atoms with Crippen molar-refractivity contribution in [1.29, 1.82) is 0 Å². The predicted octanol–water partition coefficient (Wildman–Crippen LogP) is 1.77. The van der Waals surface area contributed by atoms with Crippen LogP contribution in [-0.4, -0.2) is 36.1 Å². The molecule has 0 radical (unpaired) electrons. The first-order valence-corrected chi connectivity index (χ1v) is 7.93. The maximum atomic E-state index is 11.1. The van der Waals surface area contributed by atoms with Crippen molar-refractivity contribution in [2.45, 2.75) is 13.0 Å². The van der Waals surface area contributed by atoms with E-state index in [1.54, 1.807) is 24.4 Å². The summed E-state index contributed by atoms with van der Waals surface area (Å²) in [7, 11) is -2.96. The third-order valence-electron chi connectivity index (χ3n) is 2.96. The molecule has 0 bridgehead atoms. The Morgan fingerprint density at radius 1 is 1.32 bits per heavy atom. The van der Waals surface area contributed by atoms with Gasteiger partial charge in [-0.1, -0.05) is 6.07 Å². The first-order valence-electron chi connectivity index (χ1n) is 5.87. The molecule has 0 saturated heterocycles. The predicted molar refractivity (Wildman–Crippen MR) is 73.2 cm³/mol. The number of rotatable bonds is 5. The van der Waals surface area contributed by atoms with Crippen molar-refractivity contribution in [3.8, 4) is 0 Å². The summed E-state index contributed by atoms with van der Waals surface area (Å²) < 4.78 is 24.0. The van der Waals surface area contributed by atoms with Gasteiger partial charge in [0.15, 0.2) is 0 Å². The van der Waals surface area contributed by atoms with Crippen molar-refractivity contribution in [2.75, 3.05) is 12.0 Å². The molecule has 19 heavy (non-hydrogen) atoms. The molecular formula is C13H15NO4S. The van der Waals surface area contributed by atoms with Gasteiger partial charge in [-0.15, -0.1) is 0 Å². The summed E-state index contributed by atoms with van der Waals surface area (Å²) in [6, 6.07) is 6.84. The first kappa shape index (κ1) is 13.6. The quantitative estimate of drug-likeness (QED) is 0.906. The number of carbonyl (C=O) groups is 1. The van der Waals surface area contributed by atoms with Crippen molar-refractivity contribution in [3.63, 3.8) is 0 Å². The van der Waals surface area contributed by atoms with Crippen LogP contribution in [0.15, 0.2) is 30.5 Å². The highest BCUT2D eigenvalue weighted by Gasteiger charge is 2.11. The number of benzene rings is 1. The van der Waals surface area contributed by atoms with Gasteiger partial charge >= 0.3 is 5.97 Å². The number of aromatic nitrogens is 1. The van der Waals surface area contributed by atoms with Crippen LogP contribution >= 0.6 is 0 Å². The van der Waals surface area contributed by atoms with Crippen LogP contribution in [0.1, 0.15) is 16.8 Å². The summed E-state index contributed by atoms with van der Waals surface area (Å²) in [4.78, 5) is 11.1. The van der Waals surface area contributed by atoms with Crippen LogP contribution in [0.2, 0.25) is 0 Å². The molecule has 0 atom stereocenters. The lowest BCUT2D eigenvalue weighted by Gasteiger charge is -2.05. The maximum absolute atomic E-state index is 11.1. The highest BCUT2D eigenvalue weighted by atomic mass is 32.2. The molecule has 0 saturated carbocycles. The van der Waals surface area contributed by atoms with Gasteiger partial charge in [0.25, 0.3) is 0 Å². The lowest BCUT2D eigenvalue weighted by molar-refractivity contribution is 0.0699. The van der Waals surface area contributed by atoms with Crippen molar-refractivity contribution in [1.82, 2.24) is 4.57 Å². The third-order valence-corrected chi connectivity index (χ3v) is 3.99. The average molecular weight is 281 g/mol. The van der Waals surface area contributed by atoms with E-state index in [1.807, 2.05) is 10.6 Å². The minimum absolute atomic E-state index is 0.130. The number of aryl methyl sites for hydroxylation is 1. The molecule has 1 aromatic heterocycles. The number of carboxylic acids is 1. The van der Waals surface area contributed by atoms with E-state index in [1.165, 1.54) is 6.26 Å². The Bertz CT molecular complexity index is 715. The second-order valence-electron chi connectivity index (χ2n) is 4.54. The van der Waals surface area contributed by atoms with Crippen molar-refractivity contribution < 1.29 is 18.3 Å². The Morgan fingerprint density at radius 2 is 2.05 bits per heavy atom. The first-order chi connectivity index (χ1) is 8.88. The van der Waals surface area contributed by atoms with E-state index in [0.29, 0.717) is 18.4 Å². The summed E-state index contributed by atoms with van der Waals surface area (Å²) in [6.07, 6.45) is 3.52. The molecule has 0 spiro atoms. The van der Waals surface area contributed by atoms with Gasteiger partial charge in [0.1, 0.15) is 9.84 Å². The monoisotopic (exact) mass is 281 g/mol. The fourth-order valence-electron chi connectivity index (χ4n) is 2.10. The summed E-state index contributed by atoms with van der Waals surface area (Å²) >= 11 is 0. The van der Waals surface area contributed by atoms with Crippen molar-refractivity contribution in [3.05, 3.63) is 36.0 Å². The standard InChI is InChI=1S/C13H15NO4S/c1-19(17,18)9-3-7-14-8-6-10-11(13(15)16)4-2-5-12(10)14/h2,4-6,8H,3,7,9H2,1H3,(H,15,16). The van der Waals surface area contributed by atoms with E-state index in [2.05, 4.69) is 0 Å². The van der Waals surface area contributed by atoms with Crippen LogP contribution in [0.3, 0.4) is 0 Å². The van der Waals surface area contributed by atoms with Gasteiger partial charge < -0.3 is 9.67 Å². The molecule has 0 aliphatic carbocycles. The molecule has 1 aromatic carbocycles. The fourth-order valence-corrected chi connectivity index (χ4v) is 2.76. The van der Waals surface area contributed by atoms with Crippen LogP contribution in [0.4, 0.5) is 0 Å². The minimum atomic E-state index is -2.96. The topological polar surface area (TPSA) is 76.4 Å². The Labute approximate surface area is 111 Å². The highest BCUT2D eigenvalue weighted by Crippen LogP contribution is 2.20. The van der Waals surface area contributed by atoms with Crippen molar-refractivity contribution >= 4 is 26.7 Å². The molecule has 0 aliphatic heterocycles. The summed E-state index contributed by atoms with van der Waals surface area (Å²) in [5.74, 6) is -0.829. The van der Waals surface area contributed by atoms with Crippen LogP contribution < -0.4 is 0 Å². The number of hydrogen-bond donors (Lipinski definition) is 1. The molecule has 0 unspecified atom stereocenters. The van der Waals surface area contributed by atoms with E-state index < -0.39 is 15.8 Å². The van der Waals surface area contributed by atoms with Gasteiger partial charge in [-0.2, -0.15) is 0 Å². The van der Waals surface area contributed by atoms with Gasteiger partial charge in [0, 0.05) is 29.9 Å². The van der Waals surface area contributed by atoms with Crippen LogP contribution in [0, 0.1) is 0 Å². The smallest absolute Gasteiger partial charge is 0.336 e. The molecule has 6 heteroatoms. The average Bonchev–Trinajstić information content (AvgIpc) is 2.70. The second kappa shape index (κ2) is 5.05. The zero-order valence-corrected chi connectivity index (χ0v) is 11.4. The number of nitrogens with zero attached hydrogens (tertiary/aromatic N) is 1. The molecule has 1 N–H and O–H groups in total. The van der Waals surface area contributed by atoms with Gasteiger partial charge in [0.05, 0.1) is 11.3 Å². The summed E-state index contributed by atoms with van der Waals surface area (Å²) in [5.41, 5.74) is 1.08. The second-order valence-corrected chi connectivity index (χ2v) is 6.80. The zero-order chi connectivity index (χ0) is 14.0. The SMILES string of the molecule is CS(=O)(=O)CCCn1ccc2c(C(=O)O)cccc21. The van der Waals surface area contributed by atoms with Crippen LogP contribution in [0.25, 0.3) is 10.9 Å². The molecule has 2 aromatic rings. The Balaban J connectivity index is 2.26. The number of sulfone groups is 1. The highest BCUT2D eigenvalue weighted by molar-refractivity contribution is 7.90.